The van der Waals surface area contributed by atoms with Gasteiger partial charge in [0.1, 0.15) is 0 Å². The summed E-state index contributed by atoms with van der Waals surface area (Å²) in [6, 6.07) is 15.8. The maximum Gasteiger partial charge on any atom is 0.0918 e. The molecular weight excluding hydrogens is 430 g/mol. The number of rotatable bonds is 5. The molecule has 1 N–H and O–H groups in total. The number of benzene rings is 2. The summed E-state index contributed by atoms with van der Waals surface area (Å²) in [6.07, 6.45) is 5.65. The van der Waals surface area contributed by atoms with Crippen LogP contribution >= 0.6 is 11.6 Å². The molecule has 0 amide bonds. The van der Waals surface area contributed by atoms with E-state index >= 15 is 0 Å². The van der Waals surface area contributed by atoms with E-state index in [1.54, 1.807) is 0 Å². The van der Waals surface area contributed by atoms with Gasteiger partial charge in [0.05, 0.1) is 17.4 Å². The van der Waals surface area contributed by atoms with Crippen molar-refractivity contribution in [2.24, 2.45) is 0 Å². The highest BCUT2D eigenvalue weighted by Crippen LogP contribution is 2.39. The van der Waals surface area contributed by atoms with Gasteiger partial charge in [-0.3, -0.25) is 4.90 Å². The van der Waals surface area contributed by atoms with Crippen LogP contribution in [0.25, 0.3) is 16.8 Å². The Labute approximate surface area is 201 Å². The lowest BCUT2D eigenvalue weighted by Crippen LogP contribution is -2.35. The maximum absolute atomic E-state index is 6.12. The second-order valence-corrected chi connectivity index (χ2v) is 9.71. The van der Waals surface area contributed by atoms with E-state index in [4.69, 9.17) is 11.6 Å². The minimum atomic E-state index is 0.183. The van der Waals surface area contributed by atoms with E-state index in [0.29, 0.717) is 6.04 Å². The minimum absolute atomic E-state index is 0.183. The largest absolute Gasteiger partial charge is 0.378 e. The standard InChI is InChI=1S/C27H32ClN5/c1-4-18(2)32-14-11-20(12-15-32)21-5-10-24-25(17-21)26(29-23-8-6-22(28)7-9-23)13-16-33-27(24)19(3)30-31-33/h5-11,17-18,26,29H,4,12-16H2,1-3H3. The lowest BCUT2D eigenvalue weighted by Gasteiger charge is -2.31. The van der Waals surface area contributed by atoms with E-state index in [-0.39, 0.29) is 6.04 Å². The molecule has 5 nitrogen and oxygen atoms in total. The van der Waals surface area contributed by atoms with Gasteiger partial charge in [0.25, 0.3) is 0 Å². The third kappa shape index (κ3) is 4.44. The zero-order valence-electron chi connectivity index (χ0n) is 19.7. The van der Waals surface area contributed by atoms with Crippen LogP contribution < -0.4 is 5.32 Å². The van der Waals surface area contributed by atoms with Gasteiger partial charge in [-0.15, -0.1) is 5.10 Å². The normalized spacial score (nSPS) is 19.3. The molecule has 172 valence electrons. The first-order valence-corrected chi connectivity index (χ1v) is 12.4. The Morgan fingerprint density at radius 2 is 1.97 bits per heavy atom. The van der Waals surface area contributed by atoms with Crippen molar-refractivity contribution in [3.05, 3.63) is 70.4 Å². The van der Waals surface area contributed by atoms with Crippen molar-refractivity contribution in [1.82, 2.24) is 19.9 Å². The van der Waals surface area contributed by atoms with E-state index in [0.717, 1.165) is 54.6 Å². The van der Waals surface area contributed by atoms with E-state index in [2.05, 4.69) is 82.4 Å². The Morgan fingerprint density at radius 3 is 2.70 bits per heavy atom. The monoisotopic (exact) mass is 461 g/mol. The molecule has 2 unspecified atom stereocenters. The zero-order chi connectivity index (χ0) is 22.9. The van der Waals surface area contributed by atoms with Gasteiger partial charge in [0.2, 0.25) is 0 Å². The summed E-state index contributed by atoms with van der Waals surface area (Å²) < 4.78 is 2.06. The van der Waals surface area contributed by atoms with Crippen LogP contribution in [0.3, 0.4) is 0 Å². The maximum atomic E-state index is 6.12. The number of hydrogen-bond acceptors (Lipinski definition) is 4. The molecule has 2 aliphatic heterocycles. The molecule has 0 saturated heterocycles. The highest BCUT2D eigenvalue weighted by Gasteiger charge is 2.26. The third-order valence-corrected chi connectivity index (χ3v) is 7.48. The van der Waals surface area contributed by atoms with Gasteiger partial charge in [0, 0.05) is 41.9 Å². The van der Waals surface area contributed by atoms with Crippen LogP contribution in [-0.2, 0) is 6.54 Å². The number of halogens is 1. The average molecular weight is 462 g/mol. The van der Waals surface area contributed by atoms with Crippen molar-refractivity contribution >= 4 is 22.9 Å². The predicted octanol–water partition coefficient (Wildman–Crippen LogP) is 6.35. The second-order valence-electron chi connectivity index (χ2n) is 9.27. The van der Waals surface area contributed by atoms with Crippen LogP contribution in [0.5, 0.6) is 0 Å². The molecule has 0 aliphatic carbocycles. The van der Waals surface area contributed by atoms with Crippen molar-refractivity contribution in [3.8, 4) is 11.3 Å². The van der Waals surface area contributed by atoms with Gasteiger partial charge >= 0.3 is 0 Å². The number of fused-ring (bicyclic) bond motifs is 3. The molecule has 3 heterocycles. The molecule has 0 radical (unpaired) electrons. The summed E-state index contributed by atoms with van der Waals surface area (Å²) in [6.45, 7) is 9.64. The van der Waals surface area contributed by atoms with Gasteiger partial charge in [0.15, 0.2) is 0 Å². The number of aromatic nitrogens is 3. The predicted molar refractivity (Wildman–Crippen MR) is 137 cm³/mol. The van der Waals surface area contributed by atoms with Crippen LogP contribution in [0.2, 0.25) is 5.02 Å². The van der Waals surface area contributed by atoms with Crippen LogP contribution in [0.4, 0.5) is 5.69 Å². The summed E-state index contributed by atoms with van der Waals surface area (Å²) in [5.41, 5.74) is 8.53. The van der Waals surface area contributed by atoms with Crippen LogP contribution in [-0.4, -0.2) is 39.0 Å². The Kier molecular flexibility index (Phi) is 6.26. The number of hydrogen-bond donors (Lipinski definition) is 1. The van der Waals surface area contributed by atoms with E-state index in [9.17, 15) is 0 Å². The number of anilines is 1. The highest BCUT2D eigenvalue weighted by atomic mass is 35.5. The molecule has 3 aromatic rings. The summed E-state index contributed by atoms with van der Waals surface area (Å²) >= 11 is 6.12. The van der Waals surface area contributed by atoms with Crippen molar-refractivity contribution in [2.75, 3.05) is 18.4 Å². The third-order valence-electron chi connectivity index (χ3n) is 7.23. The van der Waals surface area contributed by atoms with Gasteiger partial charge < -0.3 is 5.32 Å². The van der Waals surface area contributed by atoms with Crippen LogP contribution in [0.1, 0.15) is 56.0 Å². The fourth-order valence-corrected chi connectivity index (χ4v) is 5.19. The van der Waals surface area contributed by atoms with E-state index in [1.807, 2.05) is 12.1 Å². The first-order valence-electron chi connectivity index (χ1n) is 12.0. The first kappa shape index (κ1) is 22.2. The topological polar surface area (TPSA) is 46.0 Å². The summed E-state index contributed by atoms with van der Waals surface area (Å²) in [5.74, 6) is 0. The molecule has 33 heavy (non-hydrogen) atoms. The van der Waals surface area contributed by atoms with Crippen molar-refractivity contribution in [1.29, 1.82) is 0 Å². The highest BCUT2D eigenvalue weighted by molar-refractivity contribution is 6.30. The Balaban J connectivity index is 1.52. The molecule has 0 saturated carbocycles. The van der Waals surface area contributed by atoms with Crippen molar-refractivity contribution < 1.29 is 0 Å². The molecule has 0 bridgehead atoms. The number of nitrogens with zero attached hydrogens (tertiary/aromatic N) is 4. The number of aryl methyl sites for hydroxylation is 2. The lowest BCUT2D eigenvalue weighted by atomic mass is 9.90. The van der Waals surface area contributed by atoms with E-state index < -0.39 is 0 Å². The molecule has 5 rings (SSSR count). The molecule has 2 atom stereocenters. The fraction of sp³-hybridized carbons (Fsp3) is 0.407. The minimum Gasteiger partial charge on any atom is -0.378 e. The Morgan fingerprint density at radius 1 is 1.15 bits per heavy atom. The zero-order valence-corrected chi connectivity index (χ0v) is 20.4. The summed E-state index contributed by atoms with van der Waals surface area (Å²) in [7, 11) is 0. The Hall–Kier alpha value is -2.63. The quantitative estimate of drug-likeness (QED) is 0.480. The van der Waals surface area contributed by atoms with Gasteiger partial charge in [-0.25, -0.2) is 4.68 Å². The molecule has 0 fully saturated rings. The van der Waals surface area contributed by atoms with E-state index in [1.165, 1.54) is 28.7 Å². The molecule has 2 aliphatic rings. The fourth-order valence-electron chi connectivity index (χ4n) is 5.07. The van der Waals surface area contributed by atoms with Gasteiger partial charge in [-0.2, -0.15) is 0 Å². The van der Waals surface area contributed by atoms with Crippen LogP contribution in [0, 0.1) is 6.92 Å². The molecule has 0 spiro atoms. The number of nitrogens with one attached hydrogen (secondary N) is 1. The molecule has 6 heteroatoms. The Bertz CT molecular complexity index is 1160. The van der Waals surface area contributed by atoms with Gasteiger partial charge in [-0.05, 0) is 80.1 Å². The lowest BCUT2D eigenvalue weighted by molar-refractivity contribution is 0.225. The van der Waals surface area contributed by atoms with Gasteiger partial charge in [-0.1, -0.05) is 41.9 Å². The van der Waals surface area contributed by atoms with Crippen molar-refractivity contribution in [3.63, 3.8) is 0 Å². The average Bonchev–Trinajstić information content (AvgIpc) is 3.14. The molecular formula is C27H32ClN5. The summed E-state index contributed by atoms with van der Waals surface area (Å²) in [4.78, 5) is 2.57. The van der Waals surface area contributed by atoms with Crippen LogP contribution in [0.15, 0.2) is 48.5 Å². The smallest absolute Gasteiger partial charge is 0.0918 e. The second kappa shape index (κ2) is 9.32. The molecule has 1 aromatic heterocycles. The summed E-state index contributed by atoms with van der Waals surface area (Å²) in [5, 5.41) is 13.3. The van der Waals surface area contributed by atoms with Crippen molar-refractivity contribution in [2.45, 2.75) is 58.7 Å². The first-order chi connectivity index (χ1) is 16.0. The molecule has 2 aromatic carbocycles. The SMILES string of the molecule is CCC(C)N1CC=C(c2ccc3c(c2)C(Nc2ccc(Cl)cc2)CCn2nnc(C)c2-3)CC1.